The number of halogens is 1. The van der Waals surface area contributed by atoms with Gasteiger partial charge in [0.1, 0.15) is 4.90 Å². The van der Waals surface area contributed by atoms with E-state index in [1.54, 1.807) is 0 Å². The lowest BCUT2D eigenvalue weighted by Gasteiger charge is -2.18. The molecule has 1 amide bonds. The van der Waals surface area contributed by atoms with E-state index in [2.05, 4.69) is 4.72 Å². The summed E-state index contributed by atoms with van der Waals surface area (Å²) < 4.78 is 30.7. The first-order valence-electron chi connectivity index (χ1n) is 6.94. The Hall–Kier alpha value is -1.64. The fourth-order valence-electron chi connectivity index (χ4n) is 1.82. The predicted molar refractivity (Wildman–Crippen MR) is 85.9 cm³/mol. The van der Waals surface area contributed by atoms with Crippen molar-refractivity contribution in [2.24, 2.45) is 0 Å². The molecule has 0 unspecified atom stereocenters. The van der Waals surface area contributed by atoms with E-state index < -0.39 is 22.6 Å². The van der Waals surface area contributed by atoms with Gasteiger partial charge in [0.2, 0.25) is 10.0 Å². The first-order chi connectivity index (χ1) is 10.8. The van der Waals surface area contributed by atoms with Gasteiger partial charge in [-0.05, 0) is 39.1 Å². The Morgan fingerprint density at radius 1 is 1.26 bits per heavy atom. The zero-order chi connectivity index (χ0) is 17.6. The minimum Gasteiger partial charge on any atom is -0.452 e. The van der Waals surface area contributed by atoms with Crippen molar-refractivity contribution < 1.29 is 22.7 Å². The van der Waals surface area contributed by atoms with Gasteiger partial charge in [0, 0.05) is 13.1 Å². The maximum Gasteiger partial charge on any atom is 0.338 e. The number of sulfonamides is 1. The molecule has 128 valence electrons. The number of esters is 1. The zero-order valence-electron chi connectivity index (χ0n) is 13.1. The van der Waals surface area contributed by atoms with Crippen LogP contribution in [0.4, 0.5) is 0 Å². The van der Waals surface area contributed by atoms with E-state index in [1.807, 2.05) is 13.8 Å². The van der Waals surface area contributed by atoms with Crippen molar-refractivity contribution in [3.05, 3.63) is 28.8 Å². The molecule has 0 aliphatic carbocycles. The van der Waals surface area contributed by atoms with Gasteiger partial charge in [-0.1, -0.05) is 11.6 Å². The van der Waals surface area contributed by atoms with Crippen LogP contribution in [0.5, 0.6) is 0 Å². The standard InChI is InChI=1S/C14H19ClN2O5S/c1-4-17(5-2)13(18)9-22-14(19)10-6-7-11(15)12(8-10)23(20,21)16-3/h6-8,16H,4-5,9H2,1-3H3. The topological polar surface area (TPSA) is 92.8 Å². The molecule has 0 bridgehead atoms. The Labute approximate surface area is 140 Å². The highest BCUT2D eigenvalue weighted by Crippen LogP contribution is 2.22. The van der Waals surface area contributed by atoms with Crippen molar-refractivity contribution in [1.82, 2.24) is 9.62 Å². The normalized spacial score (nSPS) is 11.1. The van der Waals surface area contributed by atoms with E-state index in [1.165, 1.54) is 24.1 Å². The van der Waals surface area contributed by atoms with Crippen LogP contribution in [0.1, 0.15) is 24.2 Å². The summed E-state index contributed by atoms with van der Waals surface area (Å²) in [7, 11) is -2.57. The van der Waals surface area contributed by atoms with Gasteiger partial charge in [0.05, 0.1) is 10.6 Å². The fraction of sp³-hybridized carbons (Fsp3) is 0.429. The number of benzene rings is 1. The first-order valence-corrected chi connectivity index (χ1v) is 8.80. The van der Waals surface area contributed by atoms with Gasteiger partial charge in [-0.15, -0.1) is 0 Å². The van der Waals surface area contributed by atoms with Crippen molar-refractivity contribution in [2.45, 2.75) is 18.7 Å². The number of rotatable bonds is 7. The number of ether oxygens (including phenoxy) is 1. The van der Waals surface area contributed by atoms with Crippen molar-refractivity contribution in [3.63, 3.8) is 0 Å². The smallest absolute Gasteiger partial charge is 0.338 e. The molecule has 1 aromatic rings. The second-order valence-electron chi connectivity index (χ2n) is 4.49. The Morgan fingerprint density at radius 3 is 2.39 bits per heavy atom. The summed E-state index contributed by atoms with van der Waals surface area (Å²) in [6.45, 7) is 4.25. The number of hydrogen-bond acceptors (Lipinski definition) is 5. The average Bonchev–Trinajstić information content (AvgIpc) is 2.54. The summed E-state index contributed by atoms with van der Waals surface area (Å²) in [5.74, 6) is -1.12. The van der Waals surface area contributed by atoms with E-state index >= 15 is 0 Å². The number of nitrogens with zero attached hydrogens (tertiary/aromatic N) is 1. The van der Waals surface area contributed by atoms with E-state index in [9.17, 15) is 18.0 Å². The van der Waals surface area contributed by atoms with Gasteiger partial charge in [-0.2, -0.15) is 0 Å². The fourth-order valence-corrected chi connectivity index (χ4v) is 3.07. The van der Waals surface area contributed by atoms with E-state index in [4.69, 9.17) is 16.3 Å². The molecular formula is C14H19ClN2O5S. The number of nitrogens with one attached hydrogen (secondary N) is 1. The van der Waals surface area contributed by atoms with Gasteiger partial charge in [-0.3, -0.25) is 4.79 Å². The molecule has 0 radical (unpaired) electrons. The lowest BCUT2D eigenvalue weighted by Crippen LogP contribution is -2.34. The quantitative estimate of drug-likeness (QED) is 0.737. The van der Waals surface area contributed by atoms with Crippen LogP contribution < -0.4 is 4.72 Å². The Balaban J connectivity index is 2.90. The van der Waals surface area contributed by atoms with Crippen molar-refractivity contribution in [3.8, 4) is 0 Å². The largest absolute Gasteiger partial charge is 0.452 e. The number of amides is 1. The molecule has 23 heavy (non-hydrogen) atoms. The molecule has 0 spiro atoms. The second-order valence-corrected chi connectivity index (χ2v) is 6.76. The lowest BCUT2D eigenvalue weighted by molar-refractivity contribution is -0.134. The molecule has 9 heteroatoms. The van der Waals surface area contributed by atoms with Gasteiger partial charge < -0.3 is 9.64 Å². The molecule has 1 aromatic carbocycles. The molecule has 0 saturated carbocycles. The molecule has 1 N–H and O–H groups in total. The number of carbonyl (C=O) groups excluding carboxylic acids is 2. The molecule has 0 heterocycles. The number of likely N-dealkylation sites (N-methyl/N-ethyl adjacent to an activating group) is 1. The zero-order valence-corrected chi connectivity index (χ0v) is 14.7. The summed E-state index contributed by atoms with van der Waals surface area (Å²) in [6.07, 6.45) is 0. The van der Waals surface area contributed by atoms with Gasteiger partial charge in [-0.25, -0.2) is 17.9 Å². The minimum absolute atomic E-state index is 0.00410. The van der Waals surface area contributed by atoms with Crippen LogP contribution >= 0.6 is 11.6 Å². The van der Waals surface area contributed by atoms with Crippen LogP contribution in [0.3, 0.4) is 0 Å². The van der Waals surface area contributed by atoms with E-state index in [0.29, 0.717) is 13.1 Å². The van der Waals surface area contributed by atoms with Gasteiger partial charge >= 0.3 is 5.97 Å². The van der Waals surface area contributed by atoms with Crippen molar-refractivity contribution >= 4 is 33.5 Å². The van der Waals surface area contributed by atoms with E-state index in [0.717, 1.165) is 6.07 Å². The third kappa shape index (κ3) is 4.92. The average molecular weight is 363 g/mol. The highest BCUT2D eigenvalue weighted by molar-refractivity contribution is 7.89. The first kappa shape index (κ1) is 19.4. The van der Waals surface area contributed by atoms with Crippen LogP contribution in [-0.2, 0) is 19.6 Å². The van der Waals surface area contributed by atoms with Crippen LogP contribution in [0.15, 0.2) is 23.1 Å². The Bertz CT molecular complexity index is 686. The lowest BCUT2D eigenvalue weighted by atomic mass is 10.2. The van der Waals surface area contributed by atoms with Crippen LogP contribution in [0, 0.1) is 0 Å². The van der Waals surface area contributed by atoms with Gasteiger partial charge in [0.25, 0.3) is 5.91 Å². The predicted octanol–water partition coefficient (Wildman–Crippen LogP) is 1.27. The molecule has 0 atom stereocenters. The van der Waals surface area contributed by atoms with Crippen molar-refractivity contribution in [2.75, 3.05) is 26.7 Å². The van der Waals surface area contributed by atoms with Gasteiger partial charge in [0.15, 0.2) is 6.61 Å². The summed E-state index contributed by atoms with van der Waals surface area (Å²) in [4.78, 5) is 25.1. The maximum atomic E-state index is 12.0. The highest BCUT2D eigenvalue weighted by atomic mass is 35.5. The summed E-state index contributed by atoms with van der Waals surface area (Å²) in [5.41, 5.74) is -0.00410. The highest BCUT2D eigenvalue weighted by Gasteiger charge is 2.20. The Morgan fingerprint density at radius 2 is 1.87 bits per heavy atom. The molecule has 0 aliphatic heterocycles. The summed E-state index contributed by atoms with van der Waals surface area (Å²) >= 11 is 5.84. The molecule has 0 aliphatic rings. The number of hydrogen-bond donors (Lipinski definition) is 1. The molecule has 0 aromatic heterocycles. The molecule has 0 saturated heterocycles. The molecule has 7 nitrogen and oxygen atoms in total. The summed E-state index contributed by atoms with van der Waals surface area (Å²) in [5, 5.41) is -0.0184. The number of carbonyl (C=O) groups is 2. The molecule has 0 fully saturated rings. The maximum absolute atomic E-state index is 12.0. The van der Waals surface area contributed by atoms with Crippen LogP contribution in [0.2, 0.25) is 5.02 Å². The minimum atomic E-state index is -3.80. The molecular weight excluding hydrogens is 344 g/mol. The monoisotopic (exact) mass is 362 g/mol. The van der Waals surface area contributed by atoms with Crippen LogP contribution in [0.25, 0.3) is 0 Å². The SMILES string of the molecule is CCN(CC)C(=O)COC(=O)c1ccc(Cl)c(S(=O)(=O)NC)c1. The second kappa shape index (κ2) is 8.28. The van der Waals surface area contributed by atoms with Crippen LogP contribution in [-0.4, -0.2) is 51.9 Å². The third-order valence-electron chi connectivity index (χ3n) is 3.17. The van der Waals surface area contributed by atoms with E-state index in [-0.39, 0.29) is 21.4 Å². The van der Waals surface area contributed by atoms with Crippen molar-refractivity contribution in [1.29, 1.82) is 0 Å². The Kier molecular flexibility index (Phi) is 6.99. The summed E-state index contributed by atoms with van der Waals surface area (Å²) in [6, 6.07) is 3.73. The molecule has 1 rings (SSSR count). The third-order valence-corrected chi connectivity index (χ3v) is 5.06.